The number of thiazole rings is 1. The Hall–Kier alpha value is -2.71. The number of hydrogen-bond acceptors (Lipinski definition) is 7. The van der Waals surface area contributed by atoms with Crippen LogP contribution in [0.1, 0.15) is 22.8 Å². The van der Waals surface area contributed by atoms with Crippen molar-refractivity contribution >= 4 is 40.1 Å². The molecule has 1 N–H and O–H groups in total. The van der Waals surface area contributed by atoms with Gasteiger partial charge in [0.2, 0.25) is 0 Å². The molecular weight excluding hydrogens is 394 g/mol. The molecule has 3 aromatic rings. The van der Waals surface area contributed by atoms with Crippen LogP contribution in [0, 0.1) is 0 Å². The van der Waals surface area contributed by atoms with E-state index in [9.17, 15) is 9.59 Å². The fourth-order valence-electron chi connectivity index (χ4n) is 2.45. The SMILES string of the molecule is CCc1ccc(-c2csc(NC(=O)COC(=O)c3cccnc3SC)n2)cc1. The number of esters is 1. The normalized spacial score (nSPS) is 10.5. The van der Waals surface area contributed by atoms with Crippen molar-refractivity contribution in [3.8, 4) is 11.3 Å². The molecule has 3 rings (SSSR count). The van der Waals surface area contributed by atoms with Gasteiger partial charge in [0.25, 0.3) is 5.91 Å². The monoisotopic (exact) mass is 413 g/mol. The largest absolute Gasteiger partial charge is 0.452 e. The third-order valence-corrected chi connectivity index (χ3v) is 5.40. The number of amides is 1. The van der Waals surface area contributed by atoms with Crippen molar-refractivity contribution in [2.75, 3.05) is 18.2 Å². The fourth-order valence-corrected chi connectivity index (χ4v) is 3.72. The second-order valence-corrected chi connectivity index (χ2v) is 7.43. The maximum absolute atomic E-state index is 12.2. The Morgan fingerprint density at radius 2 is 2.00 bits per heavy atom. The third kappa shape index (κ3) is 4.96. The van der Waals surface area contributed by atoms with Gasteiger partial charge in [-0.3, -0.25) is 10.1 Å². The van der Waals surface area contributed by atoms with Crippen LogP contribution in [0.4, 0.5) is 5.13 Å². The summed E-state index contributed by atoms with van der Waals surface area (Å²) in [6.45, 7) is 1.72. The molecule has 1 amide bonds. The average molecular weight is 414 g/mol. The topological polar surface area (TPSA) is 81.2 Å². The Morgan fingerprint density at radius 1 is 1.21 bits per heavy atom. The van der Waals surface area contributed by atoms with Crippen LogP contribution in [-0.4, -0.2) is 34.7 Å². The summed E-state index contributed by atoms with van der Waals surface area (Å²) >= 11 is 2.67. The van der Waals surface area contributed by atoms with Gasteiger partial charge in [0.05, 0.1) is 11.3 Å². The molecule has 0 aliphatic rings. The highest BCUT2D eigenvalue weighted by Crippen LogP contribution is 2.25. The standard InChI is InChI=1S/C20H19N3O3S2/c1-3-13-6-8-14(9-7-13)16-12-28-20(22-16)23-17(24)11-26-19(25)15-5-4-10-21-18(15)27-2/h4-10,12H,3,11H2,1-2H3,(H,22,23,24). The summed E-state index contributed by atoms with van der Waals surface area (Å²) in [6, 6.07) is 11.4. The van der Waals surface area contributed by atoms with E-state index in [2.05, 4.69) is 34.3 Å². The van der Waals surface area contributed by atoms with Crippen LogP contribution in [0.15, 0.2) is 53.0 Å². The molecule has 0 saturated heterocycles. The van der Waals surface area contributed by atoms with E-state index >= 15 is 0 Å². The number of thioether (sulfide) groups is 1. The summed E-state index contributed by atoms with van der Waals surface area (Å²) in [5.74, 6) is -1.02. The van der Waals surface area contributed by atoms with Crippen molar-refractivity contribution in [2.45, 2.75) is 18.4 Å². The number of aryl methyl sites for hydroxylation is 1. The smallest absolute Gasteiger partial charge is 0.341 e. The lowest BCUT2D eigenvalue weighted by Crippen LogP contribution is -2.21. The number of benzene rings is 1. The molecule has 1 aromatic carbocycles. The van der Waals surface area contributed by atoms with E-state index in [1.54, 1.807) is 18.3 Å². The van der Waals surface area contributed by atoms with Gasteiger partial charge in [0.1, 0.15) is 5.03 Å². The first-order valence-electron chi connectivity index (χ1n) is 8.61. The van der Waals surface area contributed by atoms with Crippen molar-refractivity contribution in [3.63, 3.8) is 0 Å². The van der Waals surface area contributed by atoms with Gasteiger partial charge in [0, 0.05) is 17.1 Å². The highest BCUT2D eigenvalue weighted by molar-refractivity contribution is 7.98. The second kappa shape index (κ2) is 9.48. The molecule has 0 aliphatic heterocycles. The number of pyridine rings is 1. The summed E-state index contributed by atoms with van der Waals surface area (Å²) in [6.07, 6.45) is 4.40. The molecule has 144 valence electrons. The van der Waals surface area contributed by atoms with Crippen LogP contribution in [0.25, 0.3) is 11.3 Å². The van der Waals surface area contributed by atoms with Crippen LogP contribution >= 0.6 is 23.1 Å². The zero-order chi connectivity index (χ0) is 19.9. The summed E-state index contributed by atoms with van der Waals surface area (Å²) < 4.78 is 5.09. The molecule has 6 nitrogen and oxygen atoms in total. The van der Waals surface area contributed by atoms with Gasteiger partial charge in [0.15, 0.2) is 11.7 Å². The van der Waals surface area contributed by atoms with Gasteiger partial charge in [-0.1, -0.05) is 31.2 Å². The molecule has 0 atom stereocenters. The number of carbonyl (C=O) groups excluding carboxylic acids is 2. The van der Waals surface area contributed by atoms with E-state index in [1.807, 2.05) is 23.8 Å². The van der Waals surface area contributed by atoms with Crippen LogP contribution in [0.2, 0.25) is 0 Å². The van der Waals surface area contributed by atoms with Crippen LogP contribution in [0.3, 0.4) is 0 Å². The highest BCUT2D eigenvalue weighted by Gasteiger charge is 2.15. The quantitative estimate of drug-likeness (QED) is 0.460. The van der Waals surface area contributed by atoms with Crippen LogP contribution in [-0.2, 0) is 16.0 Å². The fraction of sp³-hybridized carbons (Fsp3) is 0.200. The zero-order valence-corrected chi connectivity index (χ0v) is 17.1. The maximum Gasteiger partial charge on any atom is 0.341 e. The first-order chi connectivity index (χ1) is 13.6. The molecule has 0 saturated carbocycles. The third-order valence-electron chi connectivity index (χ3n) is 3.93. The minimum Gasteiger partial charge on any atom is -0.452 e. The van der Waals surface area contributed by atoms with Gasteiger partial charge in [-0.05, 0) is 30.4 Å². The van der Waals surface area contributed by atoms with E-state index < -0.39 is 11.9 Å². The van der Waals surface area contributed by atoms with E-state index in [0.717, 1.165) is 17.7 Å². The lowest BCUT2D eigenvalue weighted by Gasteiger charge is -2.07. The van der Waals surface area contributed by atoms with Crippen molar-refractivity contribution in [1.82, 2.24) is 9.97 Å². The summed E-state index contributed by atoms with van der Waals surface area (Å²) in [4.78, 5) is 32.8. The number of aromatic nitrogens is 2. The Labute approximate surface area is 171 Å². The minimum absolute atomic E-state index is 0.342. The van der Waals surface area contributed by atoms with Crippen LogP contribution < -0.4 is 5.32 Å². The molecule has 2 aromatic heterocycles. The van der Waals surface area contributed by atoms with Crippen molar-refractivity contribution in [3.05, 3.63) is 59.1 Å². The molecule has 28 heavy (non-hydrogen) atoms. The number of anilines is 1. The van der Waals surface area contributed by atoms with Gasteiger partial charge in [-0.25, -0.2) is 14.8 Å². The number of nitrogens with one attached hydrogen (secondary N) is 1. The van der Waals surface area contributed by atoms with E-state index in [1.165, 1.54) is 28.7 Å². The molecule has 0 aliphatic carbocycles. The molecule has 0 bridgehead atoms. The number of hydrogen-bond donors (Lipinski definition) is 1. The first kappa shape index (κ1) is 20.0. The van der Waals surface area contributed by atoms with Gasteiger partial charge in [-0.2, -0.15) is 0 Å². The summed E-state index contributed by atoms with van der Waals surface area (Å²) in [5.41, 5.74) is 3.38. The summed E-state index contributed by atoms with van der Waals surface area (Å²) in [7, 11) is 0. The predicted octanol–water partition coefficient (Wildman–Crippen LogP) is 4.28. The number of carbonyl (C=O) groups is 2. The van der Waals surface area contributed by atoms with Crippen molar-refractivity contribution in [2.24, 2.45) is 0 Å². The molecule has 0 spiro atoms. The Bertz CT molecular complexity index is 971. The summed E-state index contributed by atoms with van der Waals surface area (Å²) in [5, 5.41) is 5.56. The van der Waals surface area contributed by atoms with Crippen LogP contribution in [0.5, 0.6) is 0 Å². The second-order valence-electron chi connectivity index (χ2n) is 5.77. The molecular formula is C20H19N3O3S2. The Morgan fingerprint density at radius 3 is 2.71 bits per heavy atom. The van der Waals surface area contributed by atoms with Crippen molar-refractivity contribution < 1.29 is 14.3 Å². The first-order valence-corrected chi connectivity index (χ1v) is 10.7. The van der Waals surface area contributed by atoms with E-state index in [4.69, 9.17) is 4.74 Å². The predicted molar refractivity (Wildman–Crippen MR) is 112 cm³/mol. The van der Waals surface area contributed by atoms with Gasteiger partial charge >= 0.3 is 5.97 Å². The van der Waals surface area contributed by atoms with Gasteiger partial charge < -0.3 is 4.74 Å². The van der Waals surface area contributed by atoms with E-state index in [0.29, 0.717) is 15.7 Å². The zero-order valence-electron chi connectivity index (χ0n) is 15.5. The molecule has 0 unspecified atom stereocenters. The molecule has 8 heteroatoms. The highest BCUT2D eigenvalue weighted by atomic mass is 32.2. The maximum atomic E-state index is 12.2. The van der Waals surface area contributed by atoms with Crippen molar-refractivity contribution in [1.29, 1.82) is 0 Å². The number of ether oxygens (including phenoxy) is 1. The molecule has 0 fully saturated rings. The number of rotatable bonds is 7. The molecule has 2 heterocycles. The lowest BCUT2D eigenvalue weighted by atomic mass is 10.1. The number of nitrogens with zero attached hydrogens (tertiary/aromatic N) is 2. The van der Waals surface area contributed by atoms with E-state index in [-0.39, 0.29) is 6.61 Å². The minimum atomic E-state index is -0.580. The lowest BCUT2D eigenvalue weighted by molar-refractivity contribution is -0.119. The average Bonchev–Trinajstić information content (AvgIpc) is 3.20. The molecule has 0 radical (unpaired) electrons. The Balaban J connectivity index is 1.56. The Kier molecular flexibility index (Phi) is 6.78. The van der Waals surface area contributed by atoms with Gasteiger partial charge in [-0.15, -0.1) is 23.1 Å².